The maximum absolute atomic E-state index is 4.22. The molecule has 0 aliphatic carbocycles. The predicted octanol–water partition coefficient (Wildman–Crippen LogP) is 1.61. The van der Waals surface area contributed by atoms with Crippen molar-refractivity contribution in [1.82, 2.24) is 20.0 Å². The Bertz CT molecular complexity index is 453. The zero-order valence-electron chi connectivity index (χ0n) is 10.5. The number of nitrogens with one attached hydrogen (secondary N) is 2. The molecule has 0 unspecified atom stereocenters. The van der Waals surface area contributed by atoms with Crippen LogP contribution in [0.1, 0.15) is 13.3 Å². The standard InChI is InChI=1S/C12H18N6/c1-2-13-12-10-11(4-6-15-12)14-5-3-8-18-9-7-16-17-18/h4,6-7,9-10H,2-3,5,8H2,1H3,(H2,13,14,15). The number of aryl methyl sites for hydroxylation is 1. The minimum Gasteiger partial charge on any atom is -0.385 e. The molecule has 18 heavy (non-hydrogen) atoms. The second-order valence-electron chi connectivity index (χ2n) is 3.91. The number of rotatable bonds is 7. The van der Waals surface area contributed by atoms with E-state index in [1.807, 2.05) is 23.0 Å². The van der Waals surface area contributed by atoms with E-state index in [-0.39, 0.29) is 0 Å². The number of hydrogen-bond acceptors (Lipinski definition) is 5. The van der Waals surface area contributed by atoms with Crippen molar-refractivity contribution in [1.29, 1.82) is 0 Å². The van der Waals surface area contributed by atoms with Gasteiger partial charge in [-0.3, -0.25) is 4.68 Å². The van der Waals surface area contributed by atoms with Crippen molar-refractivity contribution < 1.29 is 0 Å². The minimum atomic E-state index is 0.873. The van der Waals surface area contributed by atoms with E-state index in [1.54, 1.807) is 12.4 Å². The van der Waals surface area contributed by atoms with E-state index in [4.69, 9.17) is 0 Å². The molecule has 0 aliphatic rings. The molecule has 6 nitrogen and oxygen atoms in total. The van der Waals surface area contributed by atoms with Crippen molar-refractivity contribution in [2.75, 3.05) is 23.7 Å². The highest BCUT2D eigenvalue weighted by Gasteiger charge is 1.96. The summed E-state index contributed by atoms with van der Waals surface area (Å²) in [7, 11) is 0. The molecule has 0 bridgehead atoms. The van der Waals surface area contributed by atoms with Gasteiger partial charge in [-0.05, 0) is 19.4 Å². The van der Waals surface area contributed by atoms with Gasteiger partial charge in [-0.1, -0.05) is 5.21 Å². The minimum absolute atomic E-state index is 0.873. The van der Waals surface area contributed by atoms with Crippen LogP contribution in [-0.2, 0) is 6.54 Å². The van der Waals surface area contributed by atoms with Gasteiger partial charge in [-0.15, -0.1) is 5.10 Å². The molecule has 2 rings (SSSR count). The third-order valence-corrected chi connectivity index (χ3v) is 2.48. The summed E-state index contributed by atoms with van der Waals surface area (Å²) >= 11 is 0. The largest absolute Gasteiger partial charge is 0.385 e. The van der Waals surface area contributed by atoms with Crippen LogP contribution < -0.4 is 10.6 Å². The molecule has 0 saturated carbocycles. The summed E-state index contributed by atoms with van der Waals surface area (Å²) in [5, 5.41) is 14.2. The molecule has 2 aromatic heterocycles. The maximum Gasteiger partial charge on any atom is 0.127 e. The van der Waals surface area contributed by atoms with Crippen LogP contribution in [0.4, 0.5) is 11.5 Å². The van der Waals surface area contributed by atoms with Crippen LogP contribution in [0.2, 0.25) is 0 Å². The number of nitrogens with zero attached hydrogens (tertiary/aromatic N) is 4. The Morgan fingerprint density at radius 3 is 3.00 bits per heavy atom. The molecule has 0 atom stereocenters. The van der Waals surface area contributed by atoms with Gasteiger partial charge in [0.2, 0.25) is 0 Å². The van der Waals surface area contributed by atoms with Gasteiger partial charge in [-0.25, -0.2) is 4.98 Å². The van der Waals surface area contributed by atoms with Crippen molar-refractivity contribution in [3.63, 3.8) is 0 Å². The fourth-order valence-corrected chi connectivity index (χ4v) is 1.64. The molecular formula is C12H18N6. The van der Waals surface area contributed by atoms with E-state index >= 15 is 0 Å². The lowest BCUT2D eigenvalue weighted by Crippen LogP contribution is -2.08. The van der Waals surface area contributed by atoms with Crippen LogP contribution in [0.25, 0.3) is 0 Å². The molecule has 0 radical (unpaired) electrons. The summed E-state index contributed by atoms with van der Waals surface area (Å²) in [6, 6.07) is 3.98. The summed E-state index contributed by atoms with van der Waals surface area (Å²) in [4.78, 5) is 4.22. The van der Waals surface area contributed by atoms with Crippen molar-refractivity contribution in [3.05, 3.63) is 30.7 Å². The highest BCUT2D eigenvalue weighted by Crippen LogP contribution is 2.11. The second-order valence-corrected chi connectivity index (χ2v) is 3.91. The van der Waals surface area contributed by atoms with E-state index in [2.05, 4.69) is 32.9 Å². The third kappa shape index (κ3) is 3.73. The molecule has 0 aromatic carbocycles. The lowest BCUT2D eigenvalue weighted by atomic mass is 10.3. The quantitative estimate of drug-likeness (QED) is 0.726. The average Bonchev–Trinajstić information content (AvgIpc) is 2.89. The van der Waals surface area contributed by atoms with Gasteiger partial charge in [0.25, 0.3) is 0 Å². The first-order chi connectivity index (χ1) is 8.88. The van der Waals surface area contributed by atoms with Gasteiger partial charge in [0, 0.05) is 43.8 Å². The van der Waals surface area contributed by atoms with Crippen molar-refractivity contribution in [2.45, 2.75) is 19.9 Å². The fraction of sp³-hybridized carbons (Fsp3) is 0.417. The van der Waals surface area contributed by atoms with Crippen molar-refractivity contribution >= 4 is 11.5 Å². The first kappa shape index (κ1) is 12.3. The molecule has 0 saturated heterocycles. The third-order valence-electron chi connectivity index (χ3n) is 2.48. The lowest BCUT2D eigenvalue weighted by Gasteiger charge is -2.08. The smallest absolute Gasteiger partial charge is 0.127 e. The summed E-state index contributed by atoms with van der Waals surface area (Å²) in [6.45, 7) is 4.70. The van der Waals surface area contributed by atoms with Gasteiger partial charge < -0.3 is 10.6 Å². The van der Waals surface area contributed by atoms with Gasteiger partial charge in [-0.2, -0.15) is 0 Å². The summed E-state index contributed by atoms with van der Waals surface area (Å²) in [6.07, 6.45) is 6.37. The Labute approximate surface area is 106 Å². The predicted molar refractivity (Wildman–Crippen MR) is 71.5 cm³/mol. The molecule has 2 heterocycles. The molecule has 0 aliphatic heterocycles. The Hall–Kier alpha value is -2.11. The topological polar surface area (TPSA) is 67.7 Å². The summed E-state index contributed by atoms with van der Waals surface area (Å²) < 4.78 is 1.83. The van der Waals surface area contributed by atoms with Crippen LogP contribution in [0.3, 0.4) is 0 Å². The normalized spacial score (nSPS) is 10.3. The number of hydrogen-bond donors (Lipinski definition) is 2. The molecule has 6 heteroatoms. The van der Waals surface area contributed by atoms with Crippen LogP contribution in [0, 0.1) is 0 Å². The van der Waals surface area contributed by atoms with E-state index < -0.39 is 0 Å². The number of aromatic nitrogens is 4. The van der Waals surface area contributed by atoms with Gasteiger partial charge in [0.15, 0.2) is 0 Å². The Morgan fingerprint density at radius 1 is 1.28 bits per heavy atom. The lowest BCUT2D eigenvalue weighted by molar-refractivity contribution is 0.570. The molecule has 2 N–H and O–H groups in total. The Kier molecular flexibility index (Phi) is 4.52. The van der Waals surface area contributed by atoms with E-state index in [0.29, 0.717) is 0 Å². The molecular weight excluding hydrogens is 228 g/mol. The fourth-order valence-electron chi connectivity index (χ4n) is 1.64. The second kappa shape index (κ2) is 6.58. The Balaban J connectivity index is 1.74. The summed E-state index contributed by atoms with van der Waals surface area (Å²) in [5.41, 5.74) is 1.08. The van der Waals surface area contributed by atoms with Crippen molar-refractivity contribution in [2.24, 2.45) is 0 Å². The zero-order chi connectivity index (χ0) is 12.6. The number of pyridine rings is 1. The summed E-state index contributed by atoms with van der Waals surface area (Å²) in [5.74, 6) is 0.902. The van der Waals surface area contributed by atoms with E-state index in [1.165, 1.54) is 0 Å². The van der Waals surface area contributed by atoms with Crippen LogP contribution >= 0.6 is 0 Å². The van der Waals surface area contributed by atoms with Gasteiger partial charge in [0.05, 0.1) is 6.20 Å². The van der Waals surface area contributed by atoms with Crippen LogP contribution in [-0.4, -0.2) is 33.1 Å². The van der Waals surface area contributed by atoms with E-state index in [9.17, 15) is 0 Å². The molecule has 0 amide bonds. The number of anilines is 2. The monoisotopic (exact) mass is 246 g/mol. The SMILES string of the molecule is CCNc1cc(NCCCn2ccnn2)ccn1. The zero-order valence-corrected chi connectivity index (χ0v) is 10.5. The first-order valence-electron chi connectivity index (χ1n) is 6.16. The average molecular weight is 246 g/mol. The Morgan fingerprint density at radius 2 is 2.22 bits per heavy atom. The van der Waals surface area contributed by atoms with Gasteiger partial charge >= 0.3 is 0 Å². The highest BCUT2D eigenvalue weighted by molar-refractivity contribution is 5.51. The first-order valence-corrected chi connectivity index (χ1v) is 6.16. The molecule has 96 valence electrons. The molecule has 2 aromatic rings. The van der Waals surface area contributed by atoms with Gasteiger partial charge in [0.1, 0.15) is 5.82 Å². The maximum atomic E-state index is 4.22. The van der Waals surface area contributed by atoms with Crippen LogP contribution in [0.5, 0.6) is 0 Å². The van der Waals surface area contributed by atoms with Crippen molar-refractivity contribution in [3.8, 4) is 0 Å². The highest BCUT2D eigenvalue weighted by atomic mass is 15.4. The van der Waals surface area contributed by atoms with Crippen LogP contribution in [0.15, 0.2) is 30.7 Å². The van der Waals surface area contributed by atoms with E-state index in [0.717, 1.165) is 37.6 Å². The molecule has 0 fully saturated rings. The molecule has 0 spiro atoms.